The summed E-state index contributed by atoms with van der Waals surface area (Å²) in [7, 11) is 0. The lowest BCUT2D eigenvalue weighted by Crippen LogP contribution is -2.54. The fourth-order valence-electron chi connectivity index (χ4n) is 3.22. The second-order valence-corrected chi connectivity index (χ2v) is 6.71. The molecule has 2 rings (SSSR count). The van der Waals surface area contributed by atoms with Crippen molar-refractivity contribution < 1.29 is 19.0 Å². The standard InChI is InChI=1S/C20H28O4/c1-7-22-18(21)11-8-13(2)12-14(3)19-16(5)17-10-9-15(4)20(6,23-17)24-19/h8-12,14,16-17,19H,4,7H2,1-3,5-6H3/b11-8+,13-12+/t14-,16?,17+,19-,20?/m1/s1. The van der Waals surface area contributed by atoms with Gasteiger partial charge in [0, 0.05) is 23.5 Å². The summed E-state index contributed by atoms with van der Waals surface area (Å²) in [5, 5.41) is 0. The molecule has 1 fully saturated rings. The second-order valence-electron chi connectivity index (χ2n) is 6.71. The number of allylic oxidation sites excluding steroid dienone is 2. The molecule has 0 aromatic carbocycles. The lowest BCUT2D eigenvalue weighted by molar-refractivity contribution is -0.306. The van der Waals surface area contributed by atoms with Gasteiger partial charge in [-0.3, -0.25) is 0 Å². The Balaban J connectivity index is 2.10. The van der Waals surface area contributed by atoms with Crippen molar-refractivity contribution in [2.45, 2.75) is 52.6 Å². The fourth-order valence-corrected chi connectivity index (χ4v) is 3.22. The maximum atomic E-state index is 11.4. The van der Waals surface area contributed by atoms with Gasteiger partial charge in [0.25, 0.3) is 0 Å². The Morgan fingerprint density at radius 2 is 2.17 bits per heavy atom. The molecular formula is C20H28O4. The van der Waals surface area contributed by atoms with Gasteiger partial charge in [-0.2, -0.15) is 0 Å². The molecule has 2 bridgehead atoms. The molecule has 0 aromatic rings. The van der Waals surface area contributed by atoms with Crippen molar-refractivity contribution >= 4 is 5.97 Å². The molecular weight excluding hydrogens is 304 g/mol. The molecule has 0 amide bonds. The van der Waals surface area contributed by atoms with E-state index < -0.39 is 5.79 Å². The molecule has 4 heteroatoms. The molecule has 0 spiro atoms. The molecule has 0 N–H and O–H groups in total. The van der Waals surface area contributed by atoms with Gasteiger partial charge in [0.2, 0.25) is 0 Å². The number of hydrogen-bond acceptors (Lipinski definition) is 4. The van der Waals surface area contributed by atoms with Gasteiger partial charge in [0.05, 0.1) is 18.8 Å². The summed E-state index contributed by atoms with van der Waals surface area (Å²) in [5.74, 6) is -0.669. The number of ether oxygens (including phenoxy) is 3. The van der Waals surface area contributed by atoms with Crippen LogP contribution in [0.25, 0.3) is 0 Å². The van der Waals surface area contributed by atoms with Crippen LogP contribution in [0, 0.1) is 11.8 Å². The predicted octanol–water partition coefficient (Wildman–Crippen LogP) is 3.95. The average molecular weight is 332 g/mol. The monoisotopic (exact) mass is 332 g/mol. The maximum Gasteiger partial charge on any atom is 0.330 e. The lowest BCUT2D eigenvalue weighted by atomic mass is 9.83. The number of esters is 1. The summed E-state index contributed by atoms with van der Waals surface area (Å²) in [6.07, 6.45) is 9.46. The molecule has 0 saturated carbocycles. The Labute approximate surface area is 144 Å². The van der Waals surface area contributed by atoms with Crippen LogP contribution in [-0.2, 0) is 19.0 Å². The molecule has 5 atom stereocenters. The smallest absolute Gasteiger partial charge is 0.330 e. The topological polar surface area (TPSA) is 44.8 Å². The van der Waals surface area contributed by atoms with Crippen molar-refractivity contribution in [1.29, 1.82) is 0 Å². The van der Waals surface area contributed by atoms with Gasteiger partial charge in [-0.25, -0.2) is 4.79 Å². The Bertz CT molecular complexity index is 586. The van der Waals surface area contributed by atoms with Crippen LogP contribution in [0.3, 0.4) is 0 Å². The highest BCUT2D eigenvalue weighted by molar-refractivity contribution is 5.82. The third-order valence-electron chi connectivity index (χ3n) is 4.64. The highest BCUT2D eigenvalue weighted by Crippen LogP contribution is 2.42. The zero-order chi connectivity index (χ0) is 17.9. The van der Waals surface area contributed by atoms with Crippen LogP contribution in [0.1, 0.15) is 34.6 Å². The quantitative estimate of drug-likeness (QED) is 0.434. The summed E-state index contributed by atoms with van der Waals surface area (Å²) in [6.45, 7) is 14.4. The molecule has 132 valence electrons. The Kier molecular flexibility index (Phi) is 5.83. The van der Waals surface area contributed by atoms with E-state index in [0.717, 1.165) is 11.1 Å². The Hall–Kier alpha value is -1.65. The minimum Gasteiger partial charge on any atom is -0.463 e. The number of hydrogen-bond donors (Lipinski definition) is 0. The van der Waals surface area contributed by atoms with Gasteiger partial charge >= 0.3 is 5.97 Å². The summed E-state index contributed by atoms with van der Waals surface area (Å²) in [4.78, 5) is 11.4. The van der Waals surface area contributed by atoms with Crippen molar-refractivity contribution in [3.8, 4) is 0 Å². The normalized spacial score (nSPS) is 34.5. The summed E-state index contributed by atoms with van der Waals surface area (Å²) in [6, 6.07) is 0. The first-order chi connectivity index (χ1) is 11.3. The first kappa shape index (κ1) is 18.7. The molecule has 2 unspecified atom stereocenters. The summed E-state index contributed by atoms with van der Waals surface area (Å²) < 4.78 is 17.2. The number of rotatable bonds is 5. The lowest BCUT2D eigenvalue weighted by Gasteiger charge is -2.49. The van der Waals surface area contributed by atoms with Crippen molar-refractivity contribution in [2.24, 2.45) is 11.8 Å². The molecule has 0 aliphatic carbocycles. The molecule has 2 heterocycles. The third-order valence-corrected chi connectivity index (χ3v) is 4.64. The number of carbonyl (C=O) groups is 1. The van der Waals surface area contributed by atoms with Gasteiger partial charge in [-0.1, -0.05) is 50.3 Å². The van der Waals surface area contributed by atoms with Crippen LogP contribution in [0.4, 0.5) is 0 Å². The summed E-state index contributed by atoms with van der Waals surface area (Å²) >= 11 is 0. The summed E-state index contributed by atoms with van der Waals surface area (Å²) in [5.41, 5.74) is 1.84. The second kappa shape index (κ2) is 7.49. The predicted molar refractivity (Wildman–Crippen MR) is 94.3 cm³/mol. The highest BCUT2D eigenvalue weighted by atomic mass is 16.7. The zero-order valence-electron chi connectivity index (χ0n) is 15.2. The van der Waals surface area contributed by atoms with Crippen molar-refractivity contribution in [3.63, 3.8) is 0 Å². The van der Waals surface area contributed by atoms with E-state index in [-0.39, 0.29) is 30.0 Å². The van der Waals surface area contributed by atoms with Crippen LogP contribution in [-0.4, -0.2) is 30.6 Å². The first-order valence-corrected chi connectivity index (χ1v) is 8.53. The number of fused-ring (bicyclic) bond motifs is 2. The van der Waals surface area contributed by atoms with Crippen LogP contribution in [0.2, 0.25) is 0 Å². The van der Waals surface area contributed by atoms with E-state index in [2.05, 4.69) is 32.6 Å². The Morgan fingerprint density at radius 3 is 2.83 bits per heavy atom. The van der Waals surface area contributed by atoms with Crippen LogP contribution < -0.4 is 0 Å². The average Bonchev–Trinajstić information content (AvgIpc) is 2.52. The SMILES string of the molecule is C=C1C=C[C@@H]2OC1(C)O[C@H]([C@H](C)/C=C(C)/C=C/C(=O)OCC)C2C. The molecule has 4 nitrogen and oxygen atoms in total. The fraction of sp³-hybridized carbons (Fsp3) is 0.550. The van der Waals surface area contributed by atoms with E-state index in [1.807, 2.05) is 19.9 Å². The zero-order valence-corrected chi connectivity index (χ0v) is 15.2. The van der Waals surface area contributed by atoms with Crippen molar-refractivity contribution in [3.05, 3.63) is 48.1 Å². The largest absolute Gasteiger partial charge is 0.463 e. The molecule has 2 aliphatic rings. The van der Waals surface area contributed by atoms with Gasteiger partial charge in [-0.05, 0) is 20.8 Å². The highest BCUT2D eigenvalue weighted by Gasteiger charge is 2.47. The minimum absolute atomic E-state index is 0.0152. The Morgan fingerprint density at radius 1 is 1.46 bits per heavy atom. The molecule has 0 radical (unpaired) electrons. The van der Waals surface area contributed by atoms with E-state index in [4.69, 9.17) is 14.2 Å². The number of carbonyl (C=O) groups excluding carboxylic acids is 1. The van der Waals surface area contributed by atoms with Gasteiger partial charge in [-0.15, -0.1) is 0 Å². The van der Waals surface area contributed by atoms with E-state index >= 15 is 0 Å². The molecule has 0 aromatic heterocycles. The van der Waals surface area contributed by atoms with Crippen LogP contribution in [0.5, 0.6) is 0 Å². The van der Waals surface area contributed by atoms with Gasteiger partial charge in [0.1, 0.15) is 0 Å². The third kappa shape index (κ3) is 4.05. The minimum atomic E-state index is -0.757. The molecule has 2 aliphatic heterocycles. The van der Waals surface area contributed by atoms with Crippen LogP contribution in [0.15, 0.2) is 48.1 Å². The van der Waals surface area contributed by atoms with Crippen molar-refractivity contribution in [1.82, 2.24) is 0 Å². The van der Waals surface area contributed by atoms with Crippen LogP contribution >= 0.6 is 0 Å². The maximum absolute atomic E-state index is 11.4. The van der Waals surface area contributed by atoms with Gasteiger partial charge < -0.3 is 14.2 Å². The van der Waals surface area contributed by atoms with E-state index in [1.54, 1.807) is 13.0 Å². The van der Waals surface area contributed by atoms with Crippen molar-refractivity contribution in [2.75, 3.05) is 6.61 Å². The van der Waals surface area contributed by atoms with E-state index in [0.29, 0.717) is 6.61 Å². The van der Waals surface area contributed by atoms with Gasteiger partial charge in [0.15, 0.2) is 5.79 Å². The van der Waals surface area contributed by atoms with E-state index in [9.17, 15) is 4.79 Å². The first-order valence-electron chi connectivity index (χ1n) is 8.53. The van der Waals surface area contributed by atoms with E-state index in [1.165, 1.54) is 6.08 Å². The molecule has 24 heavy (non-hydrogen) atoms. The molecule has 1 saturated heterocycles.